The van der Waals surface area contributed by atoms with Crippen LogP contribution in [0.2, 0.25) is 10.0 Å². The second-order valence-corrected chi connectivity index (χ2v) is 6.44. The van der Waals surface area contributed by atoms with E-state index in [-0.39, 0.29) is 11.9 Å². The molecule has 1 aromatic rings. The van der Waals surface area contributed by atoms with Crippen molar-refractivity contribution in [3.8, 4) is 0 Å². The number of halogens is 2. The number of hydrogen-bond donors (Lipinski definition) is 1. The molecule has 1 N–H and O–H groups in total. The Morgan fingerprint density at radius 2 is 2.00 bits per heavy atom. The first-order chi connectivity index (χ1) is 9.45. The van der Waals surface area contributed by atoms with Gasteiger partial charge in [0.15, 0.2) is 0 Å². The van der Waals surface area contributed by atoms with E-state index >= 15 is 0 Å². The fourth-order valence-corrected chi connectivity index (χ4v) is 3.14. The molecule has 0 saturated carbocycles. The Morgan fingerprint density at radius 1 is 1.35 bits per heavy atom. The van der Waals surface area contributed by atoms with Crippen molar-refractivity contribution in [1.82, 2.24) is 4.90 Å². The van der Waals surface area contributed by atoms with Crippen LogP contribution in [0.15, 0.2) is 18.2 Å². The summed E-state index contributed by atoms with van der Waals surface area (Å²) >= 11 is 11.9. The van der Waals surface area contributed by atoms with E-state index in [1.165, 1.54) is 6.42 Å². The molecule has 1 heterocycles. The zero-order valence-electron chi connectivity index (χ0n) is 11.8. The number of carbonyl (C=O) groups is 1. The number of anilines is 1. The molecule has 2 rings (SSSR count). The summed E-state index contributed by atoms with van der Waals surface area (Å²) in [6, 6.07) is 4.91. The molecule has 1 aromatic carbocycles. The van der Waals surface area contributed by atoms with E-state index in [1.54, 1.807) is 18.2 Å². The van der Waals surface area contributed by atoms with Crippen LogP contribution in [-0.4, -0.2) is 29.9 Å². The van der Waals surface area contributed by atoms with Gasteiger partial charge in [-0.3, -0.25) is 9.69 Å². The number of rotatable bonds is 3. The molecule has 0 radical (unpaired) electrons. The summed E-state index contributed by atoms with van der Waals surface area (Å²) in [4.78, 5) is 14.5. The second kappa shape index (κ2) is 6.79. The lowest BCUT2D eigenvalue weighted by atomic mass is 9.99. The van der Waals surface area contributed by atoms with Crippen LogP contribution in [0.1, 0.15) is 26.7 Å². The molecular formula is C15H20Cl2N2O. The number of likely N-dealkylation sites (tertiary alicyclic amines) is 1. The molecule has 0 unspecified atom stereocenters. The minimum Gasteiger partial charge on any atom is -0.325 e. The largest absolute Gasteiger partial charge is 0.325 e. The molecule has 3 nitrogen and oxygen atoms in total. The molecule has 1 amide bonds. The molecule has 1 aliphatic heterocycles. The number of benzene rings is 1. The van der Waals surface area contributed by atoms with E-state index < -0.39 is 0 Å². The van der Waals surface area contributed by atoms with E-state index in [2.05, 4.69) is 17.1 Å². The van der Waals surface area contributed by atoms with Crippen LogP contribution in [-0.2, 0) is 4.79 Å². The lowest BCUT2D eigenvalue weighted by Gasteiger charge is -2.34. The number of amides is 1. The van der Waals surface area contributed by atoms with Crippen LogP contribution in [0.3, 0.4) is 0 Å². The summed E-state index contributed by atoms with van der Waals surface area (Å²) in [6.45, 7) is 6.13. The summed E-state index contributed by atoms with van der Waals surface area (Å²) in [7, 11) is 0. The SMILES string of the molecule is C[C@@H]1CCCN([C@@H](C)C(=O)Nc2cc(Cl)cc(Cl)c2)C1. The number of piperidine rings is 1. The predicted octanol–water partition coefficient (Wildman–Crippen LogP) is 4.05. The lowest BCUT2D eigenvalue weighted by Crippen LogP contribution is -2.46. The molecule has 20 heavy (non-hydrogen) atoms. The van der Waals surface area contributed by atoms with Crippen molar-refractivity contribution in [3.63, 3.8) is 0 Å². The Labute approximate surface area is 130 Å². The van der Waals surface area contributed by atoms with Gasteiger partial charge in [-0.15, -0.1) is 0 Å². The van der Waals surface area contributed by atoms with Gasteiger partial charge in [0.25, 0.3) is 0 Å². The molecule has 0 aromatic heterocycles. The molecule has 0 aliphatic carbocycles. The maximum Gasteiger partial charge on any atom is 0.241 e. The van der Waals surface area contributed by atoms with Crippen LogP contribution in [0.5, 0.6) is 0 Å². The fourth-order valence-electron chi connectivity index (χ4n) is 2.62. The van der Waals surface area contributed by atoms with E-state index in [9.17, 15) is 4.79 Å². The van der Waals surface area contributed by atoms with Gasteiger partial charge >= 0.3 is 0 Å². The third-order valence-corrected chi connectivity index (χ3v) is 4.18. The van der Waals surface area contributed by atoms with Crippen molar-refractivity contribution in [2.45, 2.75) is 32.7 Å². The number of nitrogens with one attached hydrogen (secondary N) is 1. The summed E-state index contributed by atoms with van der Waals surface area (Å²) in [5.41, 5.74) is 0.643. The van der Waals surface area contributed by atoms with Crippen molar-refractivity contribution in [3.05, 3.63) is 28.2 Å². The minimum absolute atomic E-state index is 0.0163. The Morgan fingerprint density at radius 3 is 2.60 bits per heavy atom. The van der Waals surface area contributed by atoms with E-state index in [4.69, 9.17) is 23.2 Å². The average Bonchev–Trinajstić information content (AvgIpc) is 2.36. The van der Waals surface area contributed by atoms with Crippen molar-refractivity contribution < 1.29 is 4.79 Å². The smallest absolute Gasteiger partial charge is 0.241 e. The summed E-state index contributed by atoms with van der Waals surface area (Å²) < 4.78 is 0. The van der Waals surface area contributed by atoms with Gasteiger partial charge in [-0.05, 0) is 50.4 Å². The van der Waals surface area contributed by atoms with Gasteiger partial charge in [-0.1, -0.05) is 30.1 Å². The van der Waals surface area contributed by atoms with Gasteiger partial charge in [0, 0.05) is 22.3 Å². The quantitative estimate of drug-likeness (QED) is 0.912. The second-order valence-electron chi connectivity index (χ2n) is 5.57. The highest BCUT2D eigenvalue weighted by Crippen LogP contribution is 2.23. The van der Waals surface area contributed by atoms with Crippen molar-refractivity contribution in [2.75, 3.05) is 18.4 Å². The van der Waals surface area contributed by atoms with Crippen molar-refractivity contribution in [2.24, 2.45) is 5.92 Å². The Bertz CT molecular complexity index is 473. The lowest BCUT2D eigenvalue weighted by molar-refractivity contribution is -0.121. The highest BCUT2D eigenvalue weighted by molar-refractivity contribution is 6.35. The van der Waals surface area contributed by atoms with Gasteiger partial charge in [0.05, 0.1) is 6.04 Å². The van der Waals surface area contributed by atoms with Gasteiger partial charge in [-0.25, -0.2) is 0 Å². The fraction of sp³-hybridized carbons (Fsp3) is 0.533. The first kappa shape index (κ1) is 15.6. The highest BCUT2D eigenvalue weighted by atomic mass is 35.5. The van der Waals surface area contributed by atoms with Crippen molar-refractivity contribution >= 4 is 34.8 Å². The number of nitrogens with zero attached hydrogens (tertiary/aromatic N) is 1. The molecular weight excluding hydrogens is 295 g/mol. The van der Waals surface area contributed by atoms with Gasteiger partial charge in [0.2, 0.25) is 5.91 Å². The summed E-state index contributed by atoms with van der Waals surface area (Å²) in [5, 5.41) is 3.93. The molecule has 0 spiro atoms. The maximum atomic E-state index is 12.3. The van der Waals surface area contributed by atoms with Crippen molar-refractivity contribution in [1.29, 1.82) is 0 Å². The minimum atomic E-state index is -0.143. The van der Waals surface area contributed by atoms with Crippen LogP contribution < -0.4 is 5.32 Å². The Kier molecular flexibility index (Phi) is 5.30. The maximum absolute atomic E-state index is 12.3. The van der Waals surface area contributed by atoms with Crippen LogP contribution >= 0.6 is 23.2 Å². The molecule has 2 atom stereocenters. The van der Waals surface area contributed by atoms with E-state index in [0.717, 1.165) is 19.5 Å². The van der Waals surface area contributed by atoms with Crippen LogP contribution in [0.25, 0.3) is 0 Å². The third kappa shape index (κ3) is 4.11. The zero-order chi connectivity index (χ0) is 14.7. The molecule has 0 bridgehead atoms. The predicted molar refractivity (Wildman–Crippen MR) is 84.5 cm³/mol. The zero-order valence-corrected chi connectivity index (χ0v) is 13.3. The summed E-state index contributed by atoms with van der Waals surface area (Å²) in [5.74, 6) is 0.636. The monoisotopic (exact) mass is 314 g/mol. The topological polar surface area (TPSA) is 32.3 Å². The van der Waals surface area contributed by atoms with Gasteiger partial charge < -0.3 is 5.32 Å². The average molecular weight is 315 g/mol. The highest BCUT2D eigenvalue weighted by Gasteiger charge is 2.25. The van der Waals surface area contributed by atoms with E-state index in [0.29, 0.717) is 21.7 Å². The summed E-state index contributed by atoms with van der Waals surface area (Å²) in [6.07, 6.45) is 2.40. The van der Waals surface area contributed by atoms with Gasteiger partial charge in [-0.2, -0.15) is 0 Å². The third-order valence-electron chi connectivity index (χ3n) is 3.75. The molecule has 1 aliphatic rings. The van der Waals surface area contributed by atoms with Crippen LogP contribution in [0, 0.1) is 5.92 Å². The number of hydrogen-bond acceptors (Lipinski definition) is 2. The first-order valence-electron chi connectivity index (χ1n) is 6.96. The van der Waals surface area contributed by atoms with Crippen LogP contribution in [0.4, 0.5) is 5.69 Å². The Hall–Kier alpha value is -0.770. The van der Waals surface area contributed by atoms with E-state index in [1.807, 2.05) is 6.92 Å². The normalized spacial score (nSPS) is 21.5. The first-order valence-corrected chi connectivity index (χ1v) is 7.72. The Balaban J connectivity index is 2.00. The molecule has 5 heteroatoms. The number of carbonyl (C=O) groups excluding carboxylic acids is 1. The molecule has 1 fully saturated rings. The van der Waals surface area contributed by atoms with Gasteiger partial charge in [0.1, 0.15) is 0 Å². The molecule has 1 saturated heterocycles. The standard InChI is InChI=1S/C15H20Cl2N2O/c1-10-4-3-5-19(9-10)11(2)15(20)18-14-7-12(16)6-13(17)8-14/h6-8,10-11H,3-5,9H2,1-2H3,(H,18,20)/t10-,11+/m1/s1. The molecule has 110 valence electrons.